The number of carbonyl (C=O) groups excluding carboxylic acids is 2. The van der Waals surface area contributed by atoms with E-state index in [0.717, 1.165) is 34.2 Å². The fourth-order valence-corrected chi connectivity index (χ4v) is 6.29. The molecule has 0 saturated heterocycles. The summed E-state index contributed by atoms with van der Waals surface area (Å²) in [5.74, 6) is -0.0686. The summed E-state index contributed by atoms with van der Waals surface area (Å²) < 4.78 is 0. The lowest BCUT2D eigenvalue weighted by Gasteiger charge is -2.28. The fraction of sp³-hybridized carbons (Fsp3) is 0.553. The Balaban J connectivity index is 0.000000366. The van der Waals surface area contributed by atoms with Crippen molar-refractivity contribution in [3.05, 3.63) is 83.1 Å². The first kappa shape index (κ1) is 41.6. The van der Waals surface area contributed by atoms with E-state index in [-0.39, 0.29) is 52.8 Å². The number of hydrogen-bond donors (Lipinski definition) is 2. The van der Waals surface area contributed by atoms with Crippen molar-refractivity contribution in [1.29, 1.82) is 0 Å². The van der Waals surface area contributed by atoms with Crippen molar-refractivity contribution in [2.75, 3.05) is 11.9 Å². The summed E-state index contributed by atoms with van der Waals surface area (Å²) in [6.07, 6.45) is 3.17. The van der Waals surface area contributed by atoms with Crippen molar-refractivity contribution in [1.82, 2.24) is 0 Å². The third-order valence-electron chi connectivity index (χ3n) is 8.92. The predicted molar refractivity (Wildman–Crippen MR) is 198 cm³/mol. The molecular formula is C38H54N4O8. The third kappa shape index (κ3) is 9.98. The van der Waals surface area contributed by atoms with Crippen LogP contribution in [0.25, 0.3) is 0 Å². The van der Waals surface area contributed by atoms with E-state index in [4.69, 9.17) is 4.84 Å². The molecule has 50 heavy (non-hydrogen) atoms. The van der Waals surface area contributed by atoms with Crippen molar-refractivity contribution >= 4 is 34.3 Å². The van der Waals surface area contributed by atoms with Crippen LogP contribution in [0.1, 0.15) is 138 Å². The Bertz CT molecular complexity index is 1630. The van der Waals surface area contributed by atoms with E-state index in [1.54, 1.807) is 0 Å². The van der Waals surface area contributed by atoms with Crippen molar-refractivity contribution in [3.8, 4) is 0 Å². The summed E-state index contributed by atoms with van der Waals surface area (Å²) in [7, 11) is 0. The number of aliphatic hydroxyl groups is 1. The van der Waals surface area contributed by atoms with Crippen LogP contribution in [0.2, 0.25) is 0 Å². The van der Waals surface area contributed by atoms with Gasteiger partial charge < -0.3 is 15.3 Å². The van der Waals surface area contributed by atoms with Gasteiger partial charge in [0, 0.05) is 43.0 Å². The average molecular weight is 695 g/mol. The van der Waals surface area contributed by atoms with Crippen LogP contribution in [0.15, 0.2) is 34.7 Å². The van der Waals surface area contributed by atoms with Crippen LogP contribution in [0.5, 0.6) is 0 Å². The molecule has 12 nitrogen and oxygen atoms in total. The van der Waals surface area contributed by atoms with Gasteiger partial charge in [0.15, 0.2) is 17.3 Å². The molecule has 2 N–H and O–H groups in total. The maximum atomic E-state index is 12.9. The highest BCUT2D eigenvalue weighted by molar-refractivity contribution is 6.23. The van der Waals surface area contributed by atoms with E-state index in [1.165, 1.54) is 12.1 Å². The number of aryl methyl sites for hydroxylation is 2. The molecule has 2 unspecified atom stereocenters. The van der Waals surface area contributed by atoms with Gasteiger partial charge in [-0.2, -0.15) is 0 Å². The summed E-state index contributed by atoms with van der Waals surface area (Å²) in [6.45, 7) is 21.4. The van der Waals surface area contributed by atoms with Gasteiger partial charge >= 0.3 is 0 Å². The summed E-state index contributed by atoms with van der Waals surface area (Å²) in [6, 6.07) is 4.76. The largest absolute Gasteiger partial charge is 0.511 e. The van der Waals surface area contributed by atoms with Crippen LogP contribution in [0.3, 0.4) is 0 Å². The zero-order chi connectivity index (χ0) is 38.1. The molecule has 1 aliphatic carbocycles. The number of allylic oxidation sites excluding steroid dienone is 2. The molecule has 0 aromatic heterocycles. The quantitative estimate of drug-likeness (QED) is 0.0895. The fourth-order valence-electron chi connectivity index (χ4n) is 6.29. The molecule has 0 spiro atoms. The Morgan fingerprint density at radius 1 is 1.02 bits per heavy atom. The molecule has 1 aliphatic rings. The minimum absolute atomic E-state index is 0.0210. The second-order valence-corrected chi connectivity index (χ2v) is 13.9. The molecular weight excluding hydrogens is 640 g/mol. The van der Waals surface area contributed by atoms with Gasteiger partial charge in [-0.3, -0.25) is 29.8 Å². The lowest BCUT2D eigenvalue weighted by Crippen LogP contribution is -2.25. The second kappa shape index (κ2) is 17.9. The van der Waals surface area contributed by atoms with Crippen LogP contribution in [-0.4, -0.2) is 44.9 Å². The normalized spacial score (nSPS) is 15.6. The summed E-state index contributed by atoms with van der Waals surface area (Å²) in [5.41, 5.74) is 5.15. The number of Topliss-reactive ketones (excluding diaryl/α,β-unsaturated/α-hetero) is 2. The van der Waals surface area contributed by atoms with Crippen LogP contribution < -0.4 is 5.32 Å². The Morgan fingerprint density at radius 3 is 2.04 bits per heavy atom. The number of ketones is 2. The molecule has 0 bridgehead atoms. The number of nitro benzene ring substituents is 2. The number of nitro groups is 2. The van der Waals surface area contributed by atoms with Crippen molar-refractivity contribution in [2.45, 2.75) is 132 Å². The number of rotatable bonds is 13. The number of hydrogen-bond acceptors (Lipinski definition) is 10. The third-order valence-corrected chi connectivity index (χ3v) is 8.92. The van der Waals surface area contributed by atoms with E-state index in [2.05, 4.69) is 10.5 Å². The van der Waals surface area contributed by atoms with E-state index >= 15 is 0 Å². The maximum absolute atomic E-state index is 12.9. The van der Waals surface area contributed by atoms with E-state index in [1.807, 2.05) is 82.2 Å². The molecule has 0 radical (unpaired) electrons. The van der Waals surface area contributed by atoms with Crippen molar-refractivity contribution in [2.24, 2.45) is 5.16 Å². The zero-order valence-corrected chi connectivity index (χ0v) is 31.5. The molecule has 0 aliphatic heterocycles. The first-order valence-electron chi connectivity index (χ1n) is 17.4. The van der Waals surface area contributed by atoms with E-state index in [0.29, 0.717) is 49.1 Å². The Morgan fingerprint density at radius 2 is 1.60 bits per heavy atom. The van der Waals surface area contributed by atoms with Crippen LogP contribution in [-0.2, 0) is 15.0 Å². The average Bonchev–Trinajstić information content (AvgIpc) is 3.01. The van der Waals surface area contributed by atoms with E-state index in [9.17, 15) is 34.9 Å². The number of carbonyl (C=O) groups is 2. The van der Waals surface area contributed by atoms with Crippen LogP contribution in [0.4, 0.5) is 17.1 Å². The van der Waals surface area contributed by atoms with Crippen molar-refractivity contribution in [3.63, 3.8) is 0 Å². The highest BCUT2D eigenvalue weighted by Crippen LogP contribution is 2.41. The number of benzene rings is 2. The highest BCUT2D eigenvalue weighted by atomic mass is 16.6. The Labute approximate surface area is 295 Å². The van der Waals surface area contributed by atoms with Crippen LogP contribution >= 0.6 is 0 Å². The van der Waals surface area contributed by atoms with Gasteiger partial charge in [-0.1, -0.05) is 52.8 Å². The molecule has 2 atom stereocenters. The number of nitrogens with one attached hydrogen (secondary N) is 1. The second-order valence-electron chi connectivity index (χ2n) is 13.9. The predicted octanol–water partition coefficient (Wildman–Crippen LogP) is 9.67. The summed E-state index contributed by atoms with van der Waals surface area (Å²) in [5, 5.41) is 40.2. The first-order chi connectivity index (χ1) is 23.3. The molecule has 0 amide bonds. The summed E-state index contributed by atoms with van der Waals surface area (Å²) >= 11 is 0. The molecule has 12 heteroatoms. The zero-order valence-electron chi connectivity index (χ0n) is 31.5. The standard InChI is InChI=1S/C24H33NO4.C14H21N3O4/c1-7-10-19(26)23-15(5)11-14(4)22(16(23)6)17-12-20(27)24(21(28)13-17)18(8-2)25-29-9-3;1-6-9(2)15-13-11(16(18)19)7-10(14(3,4)5)8-12(13)17(20)21/h11,17,27H,7-10,12-13H2,1-6H3;7-9,15H,6H2,1-5H3/b25-18+;. The monoisotopic (exact) mass is 694 g/mol. The minimum Gasteiger partial charge on any atom is -0.511 e. The number of aliphatic hydroxyl groups excluding tert-OH is 1. The van der Waals surface area contributed by atoms with Gasteiger partial charge in [0.1, 0.15) is 12.4 Å². The Hall–Kier alpha value is -4.61. The smallest absolute Gasteiger partial charge is 0.299 e. The van der Waals surface area contributed by atoms with Gasteiger partial charge in [-0.25, -0.2) is 0 Å². The molecule has 0 saturated carbocycles. The van der Waals surface area contributed by atoms with Crippen LogP contribution in [0, 0.1) is 41.0 Å². The number of oxime groups is 1. The highest BCUT2D eigenvalue weighted by Gasteiger charge is 2.34. The molecule has 0 heterocycles. The molecule has 3 rings (SSSR count). The van der Waals surface area contributed by atoms with Gasteiger partial charge in [0.2, 0.25) is 0 Å². The molecule has 0 fully saturated rings. The van der Waals surface area contributed by atoms with Gasteiger partial charge in [-0.15, -0.1) is 0 Å². The van der Waals surface area contributed by atoms with Gasteiger partial charge in [0.25, 0.3) is 11.4 Å². The maximum Gasteiger partial charge on any atom is 0.299 e. The van der Waals surface area contributed by atoms with Gasteiger partial charge in [-0.05, 0) is 93.0 Å². The van der Waals surface area contributed by atoms with Gasteiger partial charge in [0.05, 0.1) is 21.1 Å². The molecule has 274 valence electrons. The number of anilines is 1. The SMILES string of the molecule is CCC(C)Nc1c([N+](=O)[O-])cc(C(C)(C)C)cc1[N+](=O)[O-].CCCC(=O)c1c(C)cc(C)c(C2CC(=O)C(/C(CC)=N/OCC)=C(O)C2)c1C. The lowest BCUT2D eigenvalue weighted by molar-refractivity contribution is -0.392. The van der Waals surface area contributed by atoms with E-state index < -0.39 is 15.3 Å². The first-order valence-corrected chi connectivity index (χ1v) is 17.4. The van der Waals surface area contributed by atoms with Crippen molar-refractivity contribution < 1.29 is 29.4 Å². The lowest BCUT2D eigenvalue weighted by atomic mass is 9.76. The summed E-state index contributed by atoms with van der Waals surface area (Å²) in [4.78, 5) is 52.2. The topological polar surface area (TPSA) is 174 Å². The number of nitrogens with zero attached hydrogens (tertiary/aromatic N) is 3. The minimum atomic E-state index is -0.576. The molecule has 2 aromatic carbocycles. The molecule has 2 aromatic rings. The Kier molecular flexibility index (Phi) is 14.9.